The Bertz CT molecular complexity index is 355. The van der Waals surface area contributed by atoms with Crippen molar-refractivity contribution in [3.05, 3.63) is 35.9 Å². The lowest BCUT2D eigenvalue weighted by Gasteiger charge is -2.40. The van der Waals surface area contributed by atoms with Gasteiger partial charge in [0.25, 0.3) is 0 Å². The maximum absolute atomic E-state index is 9.49. The molecule has 1 aromatic rings. The van der Waals surface area contributed by atoms with Crippen molar-refractivity contribution in [1.82, 2.24) is 10.2 Å². The molecule has 1 aromatic carbocycles. The highest BCUT2D eigenvalue weighted by Crippen LogP contribution is 2.20. The minimum atomic E-state index is 0.251. The first-order valence-corrected chi connectivity index (χ1v) is 7.48. The van der Waals surface area contributed by atoms with Crippen LogP contribution in [0.25, 0.3) is 0 Å². The highest BCUT2D eigenvalue weighted by molar-refractivity contribution is 5.20. The van der Waals surface area contributed by atoms with Gasteiger partial charge in [0, 0.05) is 25.2 Å². The van der Waals surface area contributed by atoms with E-state index in [2.05, 4.69) is 47.5 Å². The molecule has 0 aliphatic carbocycles. The predicted molar refractivity (Wildman–Crippen MR) is 79.2 cm³/mol. The summed E-state index contributed by atoms with van der Waals surface area (Å²) in [6.07, 6.45) is 3.75. The standard InChI is InChI=1S/C16H26N2O/c1-2-3-7-10-18-12-16(17-11-15(18)13-19)14-8-5-4-6-9-14/h4-6,8-9,15-17,19H,2-3,7,10-13H2,1H3. The molecule has 2 atom stereocenters. The molecule has 3 nitrogen and oxygen atoms in total. The number of nitrogens with one attached hydrogen (secondary N) is 1. The van der Waals surface area contributed by atoms with Crippen molar-refractivity contribution in [3.63, 3.8) is 0 Å². The van der Waals surface area contributed by atoms with Crippen LogP contribution in [-0.4, -0.2) is 42.3 Å². The second-order valence-corrected chi connectivity index (χ2v) is 5.41. The fourth-order valence-corrected chi connectivity index (χ4v) is 2.78. The second-order valence-electron chi connectivity index (χ2n) is 5.41. The van der Waals surface area contributed by atoms with Crippen LogP contribution in [0, 0.1) is 0 Å². The smallest absolute Gasteiger partial charge is 0.0599 e. The number of rotatable bonds is 6. The fraction of sp³-hybridized carbons (Fsp3) is 0.625. The Morgan fingerprint density at radius 2 is 2.05 bits per heavy atom. The summed E-state index contributed by atoms with van der Waals surface area (Å²) in [4.78, 5) is 2.45. The Balaban J connectivity index is 1.95. The van der Waals surface area contributed by atoms with E-state index < -0.39 is 0 Å². The lowest BCUT2D eigenvalue weighted by molar-refractivity contribution is 0.0791. The zero-order chi connectivity index (χ0) is 13.5. The number of unbranched alkanes of at least 4 members (excludes halogenated alkanes) is 2. The van der Waals surface area contributed by atoms with E-state index in [4.69, 9.17) is 0 Å². The molecule has 2 rings (SSSR count). The summed E-state index contributed by atoms with van der Waals surface area (Å²) < 4.78 is 0. The second kappa shape index (κ2) is 7.63. The van der Waals surface area contributed by atoms with Crippen molar-refractivity contribution in [2.45, 2.75) is 38.3 Å². The van der Waals surface area contributed by atoms with E-state index in [0.29, 0.717) is 6.04 Å². The third-order valence-corrected chi connectivity index (χ3v) is 3.99. The molecule has 1 fully saturated rings. The summed E-state index contributed by atoms with van der Waals surface area (Å²) in [5.41, 5.74) is 1.35. The molecule has 0 radical (unpaired) electrons. The van der Waals surface area contributed by atoms with Crippen molar-refractivity contribution in [2.75, 3.05) is 26.2 Å². The van der Waals surface area contributed by atoms with E-state index in [1.54, 1.807) is 0 Å². The molecule has 0 aromatic heterocycles. The number of aliphatic hydroxyl groups is 1. The van der Waals surface area contributed by atoms with Crippen LogP contribution in [0.1, 0.15) is 37.8 Å². The molecule has 19 heavy (non-hydrogen) atoms. The van der Waals surface area contributed by atoms with Gasteiger partial charge in [-0.15, -0.1) is 0 Å². The SMILES string of the molecule is CCCCCN1CC(c2ccccc2)NCC1CO. The number of piperazine rings is 1. The van der Waals surface area contributed by atoms with Crippen molar-refractivity contribution in [2.24, 2.45) is 0 Å². The van der Waals surface area contributed by atoms with Crippen molar-refractivity contribution in [3.8, 4) is 0 Å². The van der Waals surface area contributed by atoms with E-state index in [1.807, 2.05) is 0 Å². The summed E-state index contributed by atoms with van der Waals surface area (Å²) in [6, 6.07) is 11.3. The average Bonchev–Trinajstić information content (AvgIpc) is 2.48. The summed E-state index contributed by atoms with van der Waals surface area (Å²) in [6.45, 7) is 5.46. The summed E-state index contributed by atoms with van der Waals surface area (Å²) >= 11 is 0. The van der Waals surface area contributed by atoms with Crippen LogP contribution < -0.4 is 5.32 Å². The van der Waals surface area contributed by atoms with Gasteiger partial charge in [0.15, 0.2) is 0 Å². The topological polar surface area (TPSA) is 35.5 Å². The summed E-state index contributed by atoms with van der Waals surface area (Å²) in [5, 5.41) is 13.0. The summed E-state index contributed by atoms with van der Waals surface area (Å²) in [7, 11) is 0. The highest BCUT2D eigenvalue weighted by Gasteiger charge is 2.27. The third-order valence-electron chi connectivity index (χ3n) is 3.99. The van der Waals surface area contributed by atoms with Crippen LogP contribution in [0.5, 0.6) is 0 Å². The third kappa shape index (κ3) is 4.03. The van der Waals surface area contributed by atoms with E-state index in [0.717, 1.165) is 19.6 Å². The molecule has 0 amide bonds. The molecule has 2 N–H and O–H groups in total. The molecule has 0 bridgehead atoms. The number of hydrogen-bond acceptors (Lipinski definition) is 3. The minimum Gasteiger partial charge on any atom is -0.395 e. The quantitative estimate of drug-likeness (QED) is 0.771. The van der Waals surface area contributed by atoms with Gasteiger partial charge in [-0.3, -0.25) is 4.90 Å². The number of nitrogens with zero attached hydrogens (tertiary/aromatic N) is 1. The molecule has 1 aliphatic heterocycles. The lowest BCUT2D eigenvalue weighted by Crippen LogP contribution is -2.54. The lowest BCUT2D eigenvalue weighted by atomic mass is 10.0. The van der Waals surface area contributed by atoms with Crippen LogP contribution in [-0.2, 0) is 0 Å². The van der Waals surface area contributed by atoms with Crippen LogP contribution in [0.15, 0.2) is 30.3 Å². The maximum atomic E-state index is 9.49. The van der Waals surface area contributed by atoms with Gasteiger partial charge in [-0.2, -0.15) is 0 Å². The number of benzene rings is 1. The largest absolute Gasteiger partial charge is 0.395 e. The zero-order valence-electron chi connectivity index (χ0n) is 11.9. The molecule has 1 heterocycles. The van der Waals surface area contributed by atoms with Crippen LogP contribution in [0.2, 0.25) is 0 Å². The van der Waals surface area contributed by atoms with Crippen LogP contribution >= 0.6 is 0 Å². The first-order chi connectivity index (χ1) is 9.35. The molecule has 3 heteroatoms. The van der Waals surface area contributed by atoms with Gasteiger partial charge < -0.3 is 10.4 Å². The minimum absolute atomic E-state index is 0.251. The molecule has 1 aliphatic rings. The molecular formula is C16H26N2O. The van der Waals surface area contributed by atoms with Gasteiger partial charge in [0.05, 0.1) is 6.61 Å². The van der Waals surface area contributed by atoms with Gasteiger partial charge >= 0.3 is 0 Å². The zero-order valence-corrected chi connectivity index (χ0v) is 11.9. The molecule has 106 valence electrons. The van der Waals surface area contributed by atoms with E-state index >= 15 is 0 Å². The first kappa shape index (κ1) is 14.5. The molecular weight excluding hydrogens is 236 g/mol. The van der Waals surface area contributed by atoms with Gasteiger partial charge in [-0.1, -0.05) is 50.1 Å². The Labute approximate surface area is 116 Å². The van der Waals surface area contributed by atoms with Crippen molar-refractivity contribution >= 4 is 0 Å². The van der Waals surface area contributed by atoms with Crippen LogP contribution in [0.4, 0.5) is 0 Å². The number of aliphatic hydroxyl groups excluding tert-OH is 1. The first-order valence-electron chi connectivity index (χ1n) is 7.48. The van der Waals surface area contributed by atoms with E-state index in [-0.39, 0.29) is 12.6 Å². The highest BCUT2D eigenvalue weighted by atomic mass is 16.3. The average molecular weight is 262 g/mol. The Morgan fingerprint density at radius 3 is 2.74 bits per heavy atom. The van der Waals surface area contributed by atoms with Gasteiger partial charge in [0.1, 0.15) is 0 Å². The fourth-order valence-electron chi connectivity index (χ4n) is 2.78. The molecule has 2 unspecified atom stereocenters. The van der Waals surface area contributed by atoms with Crippen molar-refractivity contribution in [1.29, 1.82) is 0 Å². The van der Waals surface area contributed by atoms with Crippen molar-refractivity contribution < 1.29 is 5.11 Å². The predicted octanol–water partition coefficient (Wildman–Crippen LogP) is 2.18. The normalized spacial score (nSPS) is 24.5. The van der Waals surface area contributed by atoms with Crippen LogP contribution in [0.3, 0.4) is 0 Å². The molecule has 0 saturated carbocycles. The van der Waals surface area contributed by atoms with Gasteiger partial charge in [0.2, 0.25) is 0 Å². The summed E-state index contributed by atoms with van der Waals surface area (Å²) in [5.74, 6) is 0. The van der Waals surface area contributed by atoms with Gasteiger partial charge in [-0.25, -0.2) is 0 Å². The monoisotopic (exact) mass is 262 g/mol. The maximum Gasteiger partial charge on any atom is 0.0599 e. The molecule has 0 spiro atoms. The van der Waals surface area contributed by atoms with E-state index in [1.165, 1.54) is 24.8 Å². The molecule has 1 saturated heterocycles. The Kier molecular flexibility index (Phi) is 5.83. The Morgan fingerprint density at radius 1 is 1.26 bits per heavy atom. The Hall–Kier alpha value is -0.900. The van der Waals surface area contributed by atoms with Gasteiger partial charge in [-0.05, 0) is 18.5 Å². The van der Waals surface area contributed by atoms with E-state index in [9.17, 15) is 5.11 Å². The number of hydrogen-bond donors (Lipinski definition) is 2.